The van der Waals surface area contributed by atoms with E-state index in [-0.39, 0.29) is 10.7 Å². The van der Waals surface area contributed by atoms with Crippen molar-refractivity contribution in [3.05, 3.63) is 35.1 Å². The van der Waals surface area contributed by atoms with Crippen molar-refractivity contribution in [1.82, 2.24) is 0 Å². The summed E-state index contributed by atoms with van der Waals surface area (Å²) in [4.78, 5) is 0.224. The zero-order chi connectivity index (χ0) is 13.3. The first-order chi connectivity index (χ1) is 8.39. The molecule has 1 fully saturated rings. The normalized spacial score (nSPS) is 25.2. The summed E-state index contributed by atoms with van der Waals surface area (Å²) in [7, 11) is 0. The topological polar surface area (TPSA) is 0 Å². The van der Waals surface area contributed by atoms with Crippen LogP contribution >= 0.6 is 15.9 Å². The zero-order valence-corrected chi connectivity index (χ0v) is 11.2. The molecule has 0 aliphatic heterocycles. The second-order valence-corrected chi connectivity index (χ2v) is 5.82. The van der Waals surface area contributed by atoms with Crippen molar-refractivity contribution in [3.63, 3.8) is 0 Å². The van der Waals surface area contributed by atoms with Gasteiger partial charge < -0.3 is 0 Å². The van der Waals surface area contributed by atoms with E-state index < -0.39 is 17.6 Å². The highest BCUT2D eigenvalue weighted by Crippen LogP contribution is 2.39. The van der Waals surface area contributed by atoms with Crippen molar-refractivity contribution < 1.29 is 17.6 Å². The largest absolute Gasteiger partial charge is 0.419 e. The Hall–Kier alpha value is -0.580. The van der Waals surface area contributed by atoms with E-state index in [1.165, 1.54) is 6.07 Å². The van der Waals surface area contributed by atoms with Gasteiger partial charge in [-0.1, -0.05) is 34.8 Å². The van der Waals surface area contributed by atoms with E-state index in [4.69, 9.17) is 0 Å². The predicted octanol–water partition coefficient (Wildman–Crippen LogP) is 5.27. The molecule has 0 nitrogen and oxygen atoms in total. The minimum absolute atomic E-state index is 0.107. The molecule has 1 aliphatic rings. The second-order valence-electron chi connectivity index (χ2n) is 4.64. The summed E-state index contributed by atoms with van der Waals surface area (Å²) in [6, 6.07) is 3.28. The molecule has 100 valence electrons. The molecular formula is C13H13BrF4. The Bertz CT molecular complexity index is 427. The number of benzene rings is 1. The molecule has 2 atom stereocenters. The van der Waals surface area contributed by atoms with E-state index in [2.05, 4.69) is 15.9 Å². The minimum atomic E-state index is -4.62. The van der Waals surface area contributed by atoms with Crippen molar-refractivity contribution in [2.75, 3.05) is 0 Å². The highest BCUT2D eigenvalue weighted by molar-refractivity contribution is 9.09. The van der Waals surface area contributed by atoms with Crippen LogP contribution in [0.3, 0.4) is 0 Å². The summed E-state index contributed by atoms with van der Waals surface area (Å²) < 4.78 is 50.8. The van der Waals surface area contributed by atoms with Crippen LogP contribution in [-0.4, -0.2) is 4.83 Å². The molecule has 0 spiro atoms. The Balaban J connectivity index is 2.28. The third-order valence-electron chi connectivity index (χ3n) is 3.41. The molecule has 1 saturated carbocycles. The lowest BCUT2D eigenvalue weighted by Crippen LogP contribution is -2.18. The quantitative estimate of drug-likeness (QED) is 0.488. The first-order valence-electron chi connectivity index (χ1n) is 5.90. The van der Waals surface area contributed by atoms with Crippen LogP contribution in [-0.2, 0) is 6.18 Å². The van der Waals surface area contributed by atoms with Crippen LogP contribution in [0.1, 0.15) is 42.7 Å². The molecule has 0 N–H and O–H groups in total. The monoisotopic (exact) mass is 324 g/mol. The van der Waals surface area contributed by atoms with Crippen molar-refractivity contribution >= 4 is 15.9 Å². The average Bonchev–Trinajstić information content (AvgIpc) is 2.27. The van der Waals surface area contributed by atoms with Gasteiger partial charge in [-0.05, 0) is 36.5 Å². The first kappa shape index (κ1) is 13.8. The summed E-state index contributed by atoms with van der Waals surface area (Å²) >= 11 is 3.53. The van der Waals surface area contributed by atoms with E-state index >= 15 is 0 Å². The molecule has 0 bridgehead atoms. The fraction of sp³-hybridized carbons (Fsp3) is 0.538. The van der Waals surface area contributed by atoms with Gasteiger partial charge in [-0.3, -0.25) is 0 Å². The second kappa shape index (κ2) is 5.19. The van der Waals surface area contributed by atoms with Crippen LogP contribution in [0.15, 0.2) is 18.2 Å². The molecule has 2 unspecified atom stereocenters. The van der Waals surface area contributed by atoms with Crippen molar-refractivity contribution in [1.29, 1.82) is 0 Å². The van der Waals surface area contributed by atoms with Crippen molar-refractivity contribution in [3.8, 4) is 0 Å². The van der Waals surface area contributed by atoms with Gasteiger partial charge >= 0.3 is 6.18 Å². The summed E-state index contributed by atoms with van der Waals surface area (Å²) in [6.45, 7) is 0. The van der Waals surface area contributed by atoms with Crippen LogP contribution in [0.5, 0.6) is 0 Å². The summed E-state index contributed by atoms with van der Waals surface area (Å²) in [6.07, 6.45) is -0.609. The molecule has 0 amide bonds. The highest BCUT2D eigenvalue weighted by Gasteiger charge is 2.34. The maximum atomic E-state index is 13.5. The van der Waals surface area contributed by atoms with E-state index in [9.17, 15) is 17.6 Å². The Morgan fingerprint density at radius 3 is 2.33 bits per heavy atom. The Morgan fingerprint density at radius 2 is 1.78 bits per heavy atom. The lowest BCUT2D eigenvalue weighted by molar-refractivity contribution is -0.140. The van der Waals surface area contributed by atoms with E-state index in [1.807, 2.05) is 0 Å². The SMILES string of the molecule is Fc1cc(C2CCCCC2Br)ccc1C(F)(F)F. The van der Waals surface area contributed by atoms with Gasteiger partial charge in [0, 0.05) is 4.83 Å². The van der Waals surface area contributed by atoms with Gasteiger partial charge in [0.15, 0.2) is 0 Å². The molecule has 0 radical (unpaired) electrons. The van der Waals surface area contributed by atoms with Gasteiger partial charge in [-0.15, -0.1) is 0 Å². The molecule has 0 aromatic heterocycles. The van der Waals surface area contributed by atoms with Crippen molar-refractivity contribution in [2.45, 2.75) is 42.6 Å². The van der Waals surface area contributed by atoms with Gasteiger partial charge in [-0.25, -0.2) is 4.39 Å². The average molecular weight is 325 g/mol. The zero-order valence-electron chi connectivity index (χ0n) is 9.61. The van der Waals surface area contributed by atoms with Gasteiger partial charge in [-0.2, -0.15) is 13.2 Å². The van der Waals surface area contributed by atoms with Crippen LogP contribution < -0.4 is 0 Å². The summed E-state index contributed by atoms with van der Waals surface area (Å²) in [5.41, 5.74) is -0.532. The van der Waals surface area contributed by atoms with Crippen LogP contribution in [0, 0.1) is 5.82 Å². The maximum absolute atomic E-state index is 13.5. The van der Waals surface area contributed by atoms with E-state index in [0.717, 1.165) is 37.8 Å². The molecule has 1 aliphatic carbocycles. The smallest absolute Gasteiger partial charge is 0.206 e. The number of alkyl halides is 4. The number of hydrogen-bond donors (Lipinski definition) is 0. The lowest BCUT2D eigenvalue weighted by Gasteiger charge is -2.28. The predicted molar refractivity (Wildman–Crippen MR) is 65.3 cm³/mol. The lowest BCUT2D eigenvalue weighted by atomic mass is 9.83. The third-order valence-corrected chi connectivity index (χ3v) is 4.50. The molecule has 5 heteroatoms. The Labute approximate surface area is 112 Å². The standard InChI is InChI=1S/C13H13BrF4/c14-11-4-2-1-3-9(11)8-5-6-10(12(15)7-8)13(16,17)18/h5-7,9,11H,1-4H2. The van der Waals surface area contributed by atoms with Gasteiger partial charge in [0.25, 0.3) is 0 Å². The minimum Gasteiger partial charge on any atom is -0.206 e. The van der Waals surface area contributed by atoms with Gasteiger partial charge in [0.1, 0.15) is 5.82 Å². The molecule has 0 heterocycles. The fourth-order valence-corrected chi connectivity index (χ4v) is 3.35. The number of rotatable bonds is 1. The van der Waals surface area contributed by atoms with Crippen LogP contribution in [0.2, 0.25) is 0 Å². The number of hydrogen-bond acceptors (Lipinski definition) is 0. The molecule has 2 rings (SSSR count). The summed E-state index contributed by atoms with van der Waals surface area (Å²) in [5, 5.41) is 0. The fourth-order valence-electron chi connectivity index (χ4n) is 2.45. The molecule has 1 aromatic carbocycles. The molecular weight excluding hydrogens is 312 g/mol. The maximum Gasteiger partial charge on any atom is 0.419 e. The first-order valence-corrected chi connectivity index (χ1v) is 6.82. The Morgan fingerprint density at radius 1 is 1.11 bits per heavy atom. The number of halogens is 5. The van der Waals surface area contributed by atoms with E-state index in [1.54, 1.807) is 0 Å². The third kappa shape index (κ3) is 2.87. The van der Waals surface area contributed by atoms with Crippen molar-refractivity contribution in [2.24, 2.45) is 0 Å². The summed E-state index contributed by atoms with van der Waals surface area (Å²) in [5.74, 6) is -1.07. The van der Waals surface area contributed by atoms with Crippen LogP contribution in [0.25, 0.3) is 0 Å². The van der Waals surface area contributed by atoms with Gasteiger partial charge in [0.2, 0.25) is 0 Å². The Kier molecular flexibility index (Phi) is 3.99. The molecule has 1 aromatic rings. The van der Waals surface area contributed by atoms with Crippen LogP contribution in [0.4, 0.5) is 17.6 Å². The van der Waals surface area contributed by atoms with E-state index in [0.29, 0.717) is 5.56 Å². The molecule has 0 saturated heterocycles. The highest BCUT2D eigenvalue weighted by atomic mass is 79.9. The van der Waals surface area contributed by atoms with Gasteiger partial charge in [0.05, 0.1) is 5.56 Å². The molecule has 18 heavy (non-hydrogen) atoms.